The van der Waals surface area contributed by atoms with Crippen molar-refractivity contribution in [1.29, 1.82) is 0 Å². The van der Waals surface area contributed by atoms with Crippen LogP contribution >= 0.6 is 0 Å². The van der Waals surface area contributed by atoms with Gasteiger partial charge in [0.15, 0.2) is 0 Å². The Morgan fingerprint density at radius 2 is 1.04 bits per heavy atom. The summed E-state index contributed by atoms with van der Waals surface area (Å²) in [7, 11) is 0. The van der Waals surface area contributed by atoms with Crippen molar-refractivity contribution in [3.05, 3.63) is 170 Å². The maximum absolute atomic E-state index is 5.37. The molecule has 0 amide bonds. The molecule has 2 heterocycles. The predicted molar refractivity (Wildman–Crippen MR) is 199 cm³/mol. The lowest BCUT2D eigenvalue weighted by Gasteiger charge is -2.14. The Kier molecular flexibility index (Phi) is 5.61. The first-order valence-electron chi connectivity index (χ1n) is 16.1. The summed E-state index contributed by atoms with van der Waals surface area (Å²) < 4.78 is 2.39. The van der Waals surface area contributed by atoms with Crippen molar-refractivity contribution in [2.45, 2.75) is 0 Å². The van der Waals surface area contributed by atoms with E-state index in [-0.39, 0.29) is 0 Å². The molecule has 2 heteroatoms. The Balaban J connectivity index is 1.29. The summed E-state index contributed by atoms with van der Waals surface area (Å²) in [5, 5.41) is 11.1. The Bertz CT molecular complexity index is 2840. The number of para-hydroxylation sites is 3. The van der Waals surface area contributed by atoms with Gasteiger partial charge in [-0.3, -0.25) is 0 Å². The van der Waals surface area contributed by atoms with Crippen molar-refractivity contribution >= 4 is 65.0 Å². The molecule has 2 aromatic heterocycles. The monoisotopic (exact) mass is 596 g/mol. The fourth-order valence-corrected chi connectivity index (χ4v) is 7.62. The number of fused-ring (bicyclic) bond motifs is 9. The molecule has 218 valence electrons. The molecule has 2 nitrogen and oxygen atoms in total. The fraction of sp³-hybridized carbons (Fsp3) is 0. The topological polar surface area (TPSA) is 17.8 Å². The smallest absolute Gasteiger partial charge is 0.0789 e. The second-order valence-corrected chi connectivity index (χ2v) is 12.4. The summed E-state index contributed by atoms with van der Waals surface area (Å²) in [6, 6.07) is 61.4. The molecule has 0 N–H and O–H groups in total. The number of benzene rings is 8. The van der Waals surface area contributed by atoms with Gasteiger partial charge in [-0.1, -0.05) is 121 Å². The minimum absolute atomic E-state index is 0.998. The van der Waals surface area contributed by atoms with E-state index in [1.807, 2.05) is 0 Å². The minimum atomic E-state index is 0.998. The van der Waals surface area contributed by atoms with Crippen molar-refractivity contribution in [1.82, 2.24) is 9.55 Å². The lowest BCUT2D eigenvalue weighted by atomic mass is 9.91. The molecule has 0 fully saturated rings. The van der Waals surface area contributed by atoms with E-state index in [0.29, 0.717) is 0 Å². The molecule has 0 saturated carbocycles. The third-order valence-electron chi connectivity index (χ3n) is 9.72. The van der Waals surface area contributed by atoms with E-state index in [9.17, 15) is 0 Å². The molecule has 0 aliphatic rings. The SMILES string of the molecule is c1ccc(-n2c3ccccc3c3cc4c(cc32)c(-c2cccc(-c3cc5ccccc5c5ccccc35)c2)nc2ccccc24)cc1. The molecule has 0 aliphatic carbocycles. The standard InChI is InChI=1S/C45H28N2/c1-2-16-32(17-3-1)47-43-24-11-9-22-37(43)40-27-39-36-21-8-10-23-42(36)46-45(41(39)28-44(40)47)31-15-12-14-29(25-31)38-26-30-13-4-5-18-33(30)34-19-6-7-20-35(34)38/h1-28H. The average molecular weight is 597 g/mol. The largest absolute Gasteiger partial charge is 0.309 e. The molecule has 0 saturated heterocycles. The summed E-state index contributed by atoms with van der Waals surface area (Å²) in [4.78, 5) is 5.37. The summed E-state index contributed by atoms with van der Waals surface area (Å²) in [6.07, 6.45) is 0. The quantitative estimate of drug-likeness (QED) is 0.186. The van der Waals surface area contributed by atoms with Crippen molar-refractivity contribution in [3.63, 3.8) is 0 Å². The van der Waals surface area contributed by atoms with E-state index in [2.05, 4.69) is 174 Å². The van der Waals surface area contributed by atoms with Gasteiger partial charge in [-0.25, -0.2) is 4.98 Å². The molecule has 8 aromatic carbocycles. The molecule has 0 spiro atoms. The van der Waals surface area contributed by atoms with Crippen molar-refractivity contribution in [2.75, 3.05) is 0 Å². The van der Waals surface area contributed by atoms with Crippen LogP contribution in [0.2, 0.25) is 0 Å². The average Bonchev–Trinajstić information content (AvgIpc) is 3.47. The Morgan fingerprint density at radius 1 is 0.362 bits per heavy atom. The zero-order chi connectivity index (χ0) is 30.9. The van der Waals surface area contributed by atoms with Crippen LogP contribution < -0.4 is 0 Å². The molecule has 0 radical (unpaired) electrons. The number of hydrogen-bond donors (Lipinski definition) is 0. The summed E-state index contributed by atoms with van der Waals surface area (Å²) in [6.45, 7) is 0. The molecule has 47 heavy (non-hydrogen) atoms. The van der Waals surface area contributed by atoms with Crippen LogP contribution in [0, 0.1) is 0 Å². The van der Waals surface area contributed by atoms with Crippen LogP contribution in [0.1, 0.15) is 0 Å². The maximum Gasteiger partial charge on any atom is 0.0789 e. The zero-order valence-corrected chi connectivity index (χ0v) is 25.6. The molecule has 0 atom stereocenters. The lowest BCUT2D eigenvalue weighted by molar-refractivity contribution is 1.18. The highest BCUT2D eigenvalue weighted by molar-refractivity contribution is 6.20. The van der Waals surface area contributed by atoms with E-state index in [4.69, 9.17) is 4.98 Å². The van der Waals surface area contributed by atoms with Crippen LogP contribution in [0.4, 0.5) is 0 Å². The number of nitrogens with zero attached hydrogens (tertiary/aromatic N) is 2. The Morgan fingerprint density at radius 3 is 1.91 bits per heavy atom. The molecular formula is C45H28N2. The third kappa shape index (κ3) is 3.95. The van der Waals surface area contributed by atoms with Crippen molar-refractivity contribution in [2.24, 2.45) is 0 Å². The van der Waals surface area contributed by atoms with Gasteiger partial charge in [0.25, 0.3) is 0 Å². The second-order valence-electron chi connectivity index (χ2n) is 12.4. The van der Waals surface area contributed by atoms with Crippen molar-refractivity contribution in [3.8, 4) is 28.1 Å². The fourth-order valence-electron chi connectivity index (χ4n) is 7.62. The van der Waals surface area contributed by atoms with E-state index in [1.165, 1.54) is 65.3 Å². The van der Waals surface area contributed by atoms with Gasteiger partial charge in [0, 0.05) is 32.8 Å². The highest BCUT2D eigenvalue weighted by Crippen LogP contribution is 2.41. The van der Waals surface area contributed by atoms with Crippen LogP contribution in [0.3, 0.4) is 0 Å². The van der Waals surface area contributed by atoms with Crippen LogP contribution in [-0.2, 0) is 0 Å². The lowest BCUT2D eigenvalue weighted by Crippen LogP contribution is -1.94. The Labute approximate surface area is 271 Å². The highest BCUT2D eigenvalue weighted by Gasteiger charge is 2.18. The molecule has 10 aromatic rings. The second kappa shape index (κ2) is 10.1. The first kappa shape index (κ1) is 26.0. The molecule has 0 aliphatic heterocycles. The first-order chi connectivity index (χ1) is 23.3. The molecule has 0 unspecified atom stereocenters. The summed E-state index contributed by atoms with van der Waals surface area (Å²) in [5.41, 5.74) is 9.06. The number of hydrogen-bond acceptors (Lipinski definition) is 1. The summed E-state index contributed by atoms with van der Waals surface area (Å²) >= 11 is 0. The normalized spacial score (nSPS) is 11.8. The first-order valence-corrected chi connectivity index (χ1v) is 16.1. The van der Waals surface area contributed by atoms with Gasteiger partial charge in [-0.05, 0) is 86.6 Å². The minimum Gasteiger partial charge on any atom is -0.309 e. The van der Waals surface area contributed by atoms with Gasteiger partial charge in [0.05, 0.1) is 22.2 Å². The van der Waals surface area contributed by atoms with Crippen molar-refractivity contribution < 1.29 is 0 Å². The number of pyridine rings is 1. The van der Waals surface area contributed by atoms with Gasteiger partial charge in [-0.2, -0.15) is 0 Å². The van der Waals surface area contributed by atoms with Gasteiger partial charge in [0.1, 0.15) is 0 Å². The number of aromatic nitrogens is 2. The van der Waals surface area contributed by atoms with Crippen LogP contribution in [0.15, 0.2) is 170 Å². The van der Waals surface area contributed by atoms with E-state index in [1.54, 1.807) is 0 Å². The Hall–Kier alpha value is -6.25. The highest BCUT2D eigenvalue weighted by atomic mass is 15.0. The van der Waals surface area contributed by atoms with E-state index in [0.717, 1.165) is 27.8 Å². The molecule has 0 bridgehead atoms. The van der Waals surface area contributed by atoms with Crippen LogP contribution in [-0.4, -0.2) is 9.55 Å². The van der Waals surface area contributed by atoms with Gasteiger partial charge >= 0.3 is 0 Å². The number of rotatable bonds is 3. The predicted octanol–water partition coefficient (Wildman–Crippen LogP) is 12.1. The van der Waals surface area contributed by atoms with Gasteiger partial charge < -0.3 is 4.57 Å². The molecule has 10 rings (SSSR count). The summed E-state index contributed by atoms with van der Waals surface area (Å²) in [5.74, 6) is 0. The molecular weight excluding hydrogens is 569 g/mol. The zero-order valence-electron chi connectivity index (χ0n) is 25.6. The maximum atomic E-state index is 5.37. The van der Waals surface area contributed by atoms with Crippen LogP contribution in [0.5, 0.6) is 0 Å². The van der Waals surface area contributed by atoms with Gasteiger partial charge in [-0.15, -0.1) is 0 Å². The van der Waals surface area contributed by atoms with E-state index >= 15 is 0 Å². The van der Waals surface area contributed by atoms with Crippen LogP contribution in [0.25, 0.3) is 93.1 Å². The third-order valence-corrected chi connectivity index (χ3v) is 9.72. The van der Waals surface area contributed by atoms with Gasteiger partial charge in [0.2, 0.25) is 0 Å². The van der Waals surface area contributed by atoms with E-state index < -0.39 is 0 Å².